The number of aliphatic imine (C=N–C) groups is 2. The maximum atomic E-state index is 7.06. The van der Waals surface area contributed by atoms with E-state index in [-0.39, 0.29) is 0 Å². The molecule has 9 rings (SSSR count). The van der Waals surface area contributed by atoms with Crippen LogP contribution in [-0.4, -0.2) is 11.7 Å². The van der Waals surface area contributed by atoms with Crippen molar-refractivity contribution in [2.75, 3.05) is 0 Å². The summed E-state index contributed by atoms with van der Waals surface area (Å²) in [5.74, 6) is 1.88. The summed E-state index contributed by atoms with van der Waals surface area (Å²) in [5.41, 5.74) is 17.9. The van der Waals surface area contributed by atoms with Crippen LogP contribution >= 0.6 is 0 Å². The van der Waals surface area contributed by atoms with Crippen LogP contribution in [0, 0.1) is 0 Å². The summed E-state index contributed by atoms with van der Waals surface area (Å²) in [6.45, 7) is 0.460. The number of aryl methyl sites for hydroxylation is 1. The number of nitrogens with two attached hydrogens (primary N) is 1. The molecule has 240 valence electrons. The average Bonchev–Trinajstić information content (AvgIpc) is 3.76. The zero-order valence-electron chi connectivity index (χ0n) is 27.3. The van der Waals surface area contributed by atoms with Crippen LogP contribution in [0.4, 0.5) is 0 Å². The van der Waals surface area contributed by atoms with Crippen molar-refractivity contribution in [3.63, 3.8) is 0 Å². The van der Waals surface area contributed by atoms with E-state index in [0.717, 1.165) is 84.9 Å². The highest BCUT2D eigenvalue weighted by Gasteiger charge is 2.26. The maximum absolute atomic E-state index is 7.06. The molecule has 50 heavy (non-hydrogen) atoms. The number of furan rings is 2. The van der Waals surface area contributed by atoms with Gasteiger partial charge in [-0.2, -0.15) is 0 Å². The molecule has 1 aliphatic rings. The highest BCUT2D eigenvalue weighted by Crippen LogP contribution is 2.42. The van der Waals surface area contributed by atoms with Gasteiger partial charge in [0.1, 0.15) is 28.3 Å². The van der Waals surface area contributed by atoms with Crippen molar-refractivity contribution in [3.05, 3.63) is 174 Å². The van der Waals surface area contributed by atoms with Gasteiger partial charge in [0, 0.05) is 39.3 Å². The van der Waals surface area contributed by atoms with Crippen molar-refractivity contribution in [2.45, 2.75) is 19.4 Å². The van der Waals surface area contributed by atoms with Gasteiger partial charge >= 0.3 is 0 Å². The minimum Gasteiger partial charge on any atom is -0.460 e. The number of rotatable bonds is 6. The van der Waals surface area contributed by atoms with Gasteiger partial charge < -0.3 is 14.6 Å². The fraction of sp³-hybridized carbons (Fsp3) is 0.0667. The van der Waals surface area contributed by atoms with Crippen LogP contribution in [0.5, 0.6) is 0 Å². The van der Waals surface area contributed by atoms with Gasteiger partial charge in [0.2, 0.25) is 0 Å². The van der Waals surface area contributed by atoms with Crippen molar-refractivity contribution in [1.29, 1.82) is 0 Å². The molecule has 2 heterocycles. The molecule has 2 aromatic heterocycles. The van der Waals surface area contributed by atoms with E-state index < -0.39 is 0 Å². The second-order valence-electron chi connectivity index (χ2n) is 12.6. The lowest BCUT2D eigenvalue weighted by atomic mass is 9.89. The third-order valence-corrected chi connectivity index (χ3v) is 9.48. The van der Waals surface area contributed by atoms with Gasteiger partial charge in [0.25, 0.3) is 0 Å². The van der Waals surface area contributed by atoms with Crippen LogP contribution in [0.1, 0.15) is 28.9 Å². The highest BCUT2D eigenvalue weighted by molar-refractivity contribution is 6.30. The Hall–Kier alpha value is -6.46. The number of fused-ring (bicyclic) bond motifs is 6. The molecule has 0 bridgehead atoms. The number of para-hydroxylation sites is 1. The molecule has 0 amide bonds. The predicted molar refractivity (Wildman–Crippen MR) is 205 cm³/mol. The Bertz CT molecular complexity index is 2610. The van der Waals surface area contributed by atoms with Crippen LogP contribution in [0.15, 0.2) is 170 Å². The third-order valence-electron chi connectivity index (χ3n) is 9.48. The Labute approximate surface area is 289 Å². The number of nitrogens with zero attached hydrogens (tertiary/aromatic N) is 2. The van der Waals surface area contributed by atoms with Gasteiger partial charge in [0.05, 0.1) is 6.54 Å². The molecule has 0 aliphatic heterocycles. The molecule has 2 N–H and O–H groups in total. The second kappa shape index (κ2) is 12.5. The van der Waals surface area contributed by atoms with Crippen LogP contribution < -0.4 is 5.73 Å². The molecule has 0 atom stereocenters. The Morgan fingerprint density at radius 2 is 1.26 bits per heavy atom. The summed E-state index contributed by atoms with van der Waals surface area (Å²) < 4.78 is 12.8. The van der Waals surface area contributed by atoms with Gasteiger partial charge in [-0.3, -0.25) is 4.99 Å². The molecular formula is C45H33N3O2. The summed E-state index contributed by atoms with van der Waals surface area (Å²) in [6.07, 6.45) is 3.79. The van der Waals surface area contributed by atoms with Crippen LogP contribution in [0.25, 0.3) is 60.7 Å². The number of allylic oxidation sites excluding steroid dienone is 1. The lowest BCUT2D eigenvalue weighted by molar-refractivity contribution is 0.546. The van der Waals surface area contributed by atoms with E-state index in [1.165, 1.54) is 11.1 Å². The summed E-state index contributed by atoms with van der Waals surface area (Å²) >= 11 is 0. The third kappa shape index (κ3) is 5.30. The van der Waals surface area contributed by atoms with Gasteiger partial charge in [-0.05, 0) is 52.4 Å². The minimum atomic E-state index is 0.402. The molecule has 5 heteroatoms. The van der Waals surface area contributed by atoms with Crippen molar-refractivity contribution in [2.24, 2.45) is 15.7 Å². The first kappa shape index (κ1) is 29.7. The Balaban J connectivity index is 1.17. The van der Waals surface area contributed by atoms with Crippen LogP contribution in [0.3, 0.4) is 0 Å². The summed E-state index contributed by atoms with van der Waals surface area (Å²) in [5, 5.41) is 3.03. The largest absolute Gasteiger partial charge is 0.460 e. The fourth-order valence-electron chi connectivity index (χ4n) is 7.12. The quantitative estimate of drug-likeness (QED) is 0.144. The first-order chi connectivity index (χ1) is 24.7. The highest BCUT2D eigenvalue weighted by atomic mass is 16.3. The van der Waals surface area contributed by atoms with E-state index in [0.29, 0.717) is 18.2 Å². The monoisotopic (exact) mass is 647 g/mol. The van der Waals surface area contributed by atoms with Crippen LogP contribution in [0.2, 0.25) is 0 Å². The van der Waals surface area contributed by atoms with E-state index in [1.54, 1.807) is 0 Å². The number of benzene rings is 6. The lowest BCUT2D eigenvalue weighted by Crippen LogP contribution is -2.19. The lowest BCUT2D eigenvalue weighted by Gasteiger charge is -2.15. The number of hydrogen-bond acceptors (Lipinski definition) is 3. The van der Waals surface area contributed by atoms with Crippen LogP contribution in [-0.2, 0) is 13.0 Å². The molecule has 0 saturated carbocycles. The van der Waals surface area contributed by atoms with Crippen molar-refractivity contribution in [1.82, 2.24) is 0 Å². The molecule has 5 nitrogen and oxygen atoms in total. The second-order valence-corrected chi connectivity index (χ2v) is 12.6. The molecule has 0 radical (unpaired) electrons. The first-order valence-corrected chi connectivity index (χ1v) is 17.0. The topological polar surface area (TPSA) is 77.0 Å². The van der Waals surface area contributed by atoms with E-state index in [9.17, 15) is 0 Å². The zero-order valence-corrected chi connectivity index (χ0v) is 27.3. The number of amidine groups is 2. The smallest absolute Gasteiger partial charge is 0.158 e. The Morgan fingerprint density at radius 1 is 0.600 bits per heavy atom. The van der Waals surface area contributed by atoms with E-state index in [1.807, 2.05) is 60.7 Å². The molecular weight excluding hydrogens is 615 g/mol. The molecule has 0 unspecified atom stereocenters. The summed E-state index contributed by atoms with van der Waals surface area (Å²) in [6, 6.07) is 49.7. The van der Waals surface area contributed by atoms with Gasteiger partial charge in [-0.1, -0.05) is 133 Å². The maximum Gasteiger partial charge on any atom is 0.158 e. The van der Waals surface area contributed by atoms with E-state index in [2.05, 4.69) is 91.0 Å². The summed E-state index contributed by atoms with van der Waals surface area (Å²) in [4.78, 5) is 10.2. The standard InChI is InChI=1S/C45H33N3O2/c46-44(48-45(47-28-29-12-3-1-4-13-29)36-19-11-21-38-41(36)34-16-7-8-20-37(34)49-38)35-18-10-23-40-43(35)42-33(17-9-22-39(42)50-40)32-26-24-31(25-27-32)30-14-5-2-6-15-30/h1-9,11-22,24-27H,10,23,28H2,(H2,46,47,48). The van der Waals surface area contributed by atoms with Crippen molar-refractivity contribution in [3.8, 4) is 22.3 Å². The molecule has 8 aromatic rings. The van der Waals surface area contributed by atoms with Gasteiger partial charge in [-0.25, -0.2) is 4.99 Å². The Kier molecular flexibility index (Phi) is 7.43. The SMILES string of the molecule is NC(=NC(=NCc1ccccc1)c1cccc2oc3ccccc3c12)C1=CCCc2oc3cccc(-c4ccc(-c5ccccc5)cc4)c3c21. The molecule has 0 saturated heterocycles. The van der Waals surface area contributed by atoms with Gasteiger partial charge in [0.15, 0.2) is 5.84 Å². The van der Waals surface area contributed by atoms with E-state index in [4.69, 9.17) is 24.6 Å². The zero-order chi connectivity index (χ0) is 33.4. The molecule has 6 aromatic carbocycles. The average molecular weight is 648 g/mol. The number of hydrogen-bond donors (Lipinski definition) is 1. The molecule has 0 spiro atoms. The fourth-order valence-corrected chi connectivity index (χ4v) is 7.12. The normalized spacial score (nSPS) is 13.6. The molecule has 1 aliphatic carbocycles. The predicted octanol–water partition coefficient (Wildman–Crippen LogP) is 11.0. The summed E-state index contributed by atoms with van der Waals surface area (Å²) in [7, 11) is 0. The van der Waals surface area contributed by atoms with Gasteiger partial charge in [-0.15, -0.1) is 0 Å². The van der Waals surface area contributed by atoms with E-state index >= 15 is 0 Å². The molecule has 0 fully saturated rings. The minimum absolute atomic E-state index is 0.402. The van der Waals surface area contributed by atoms with Crippen molar-refractivity contribution < 1.29 is 8.83 Å². The Morgan fingerprint density at radius 3 is 2.08 bits per heavy atom. The van der Waals surface area contributed by atoms with Crippen molar-refractivity contribution >= 4 is 50.2 Å². The first-order valence-electron chi connectivity index (χ1n) is 17.0.